The van der Waals surface area contributed by atoms with Gasteiger partial charge in [-0.2, -0.15) is 0 Å². The van der Waals surface area contributed by atoms with Crippen molar-refractivity contribution < 1.29 is 14.2 Å². The van der Waals surface area contributed by atoms with Gasteiger partial charge in [-0.3, -0.25) is 4.98 Å². The van der Waals surface area contributed by atoms with Crippen LogP contribution in [0.4, 0.5) is 0 Å². The predicted octanol–water partition coefficient (Wildman–Crippen LogP) is 2.18. The second-order valence-corrected chi connectivity index (χ2v) is 4.51. The number of methoxy groups -OCH3 is 1. The van der Waals surface area contributed by atoms with Crippen molar-refractivity contribution in [1.29, 1.82) is 0 Å². The first kappa shape index (κ1) is 16.9. The average molecular weight is 282 g/mol. The van der Waals surface area contributed by atoms with Gasteiger partial charge in [-0.15, -0.1) is 0 Å². The van der Waals surface area contributed by atoms with Crippen molar-refractivity contribution >= 4 is 0 Å². The number of ether oxygens (including phenoxy) is 3. The van der Waals surface area contributed by atoms with Gasteiger partial charge < -0.3 is 19.5 Å². The molecule has 5 nitrogen and oxygen atoms in total. The molecule has 1 heterocycles. The van der Waals surface area contributed by atoms with Crippen LogP contribution in [0.1, 0.15) is 32.0 Å². The highest BCUT2D eigenvalue weighted by molar-refractivity contribution is 5.21. The number of nitrogens with zero attached hydrogens (tertiary/aromatic N) is 1. The van der Waals surface area contributed by atoms with Crippen LogP contribution in [-0.4, -0.2) is 45.1 Å². The third kappa shape index (κ3) is 6.84. The summed E-state index contributed by atoms with van der Waals surface area (Å²) in [6, 6.07) is 4.22. The molecule has 0 aliphatic rings. The summed E-state index contributed by atoms with van der Waals surface area (Å²) in [5.74, 6) is 0.800. The molecule has 1 rings (SSSR count). The van der Waals surface area contributed by atoms with Gasteiger partial charge in [0.1, 0.15) is 5.75 Å². The summed E-state index contributed by atoms with van der Waals surface area (Å²) < 4.78 is 15.9. The molecule has 0 bridgehead atoms. The lowest BCUT2D eigenvalue weighted by atomic mass is 10.2. The number of rotatable bonds is 11. The van der Waals surface area contributed by atoms with E-state index in [0.29, 0.717) is 26.4 Å². The molecule has 0 fully saturated rings. The highest BCUT2D eigenvalue weighted by Gasteiger charge is 2.04. The average Bonchev–Trinajstić information content (AvgIpc) is 2.47. The van der Waals surface area contributed by atoms with E-state index >= 15 is 0 Å². The van der Waals surface area contributed by atoms with E-state index in [1.807, 2.05) is 12.1 Å². The number of aromatic nitrogens is 1. The zero-order valence-corrected chi connectivity index (χ0v) is 12.7. The SMILES string of the molecule is CCNC(C)c1ccc(OCCCOCCOC)cn1. The molecule has 1 N–H and O–H groups in total. The summed E-state index contributed by atoms with van der Waals surface area (Å²) in [7, 11) is 1.67. The molecule has 20 heavy (non-hydrogen) atoms. The third-order valence-electron chi connectivity index (χ3n) is 2.85. The van der Waals surface area contributed by atoms with E-state index in [2.05, 4.69) is 24.1 Å². The molecule has 0 amide bonds. The van der Waals surface area contributed by atoms with Crippen molar-refractivity contribution in [2.75, 3.05) is 40.1 Å². The fourth-order valence-corrected chi connectivity index (χ4v) is 1.74. The lowest BCUT2D eigenvalue weighted by Gasteiger charge is -2.12. The minimum absolute atomic E-state index is 0.267. The first-order valence-electron chi connectivity index (χ1n) is 7.16. The van der Waals surface area contributed by atoms with Crippen molar-refractivity contribution in [3.05, 3.63) is 24.0 Å². The predicted molar refractivity (Wildman–Crippen MR) is 79.1 cm³/mol. The Morgan fingerprint density at radius 3 is 2.70 bits per heavy atom. The molecule has 1 atom stereocenters. The largest absolute Gasteiger partial charge is 0.492 e. The fourth-order valence-electron chi connectivity index (χ4n) is 1.74. The van der Waals surface area contributed by atoms with Crippen molar-refractivity contribution in [3.63, 3.8) is 0 Å². The van der Waals surface area contributed by atoms with Crippen LogP contribution in [0.25, 0.3) is 0 Å². The second kappa shape index (κ2) is 10.6. The van der Waals surface area contributed by atoms with Gasteiger partial charge in [0, 0.05) is 26.2 Å². The molecule has 0 spiro atoms. The minimum Gasteiger partial charge on any atom is -0.492 e. The normalized spacial score (nSPS) is 12.3. The van der Waals surface area contributed by atoms with Crippen molar-refractivity contribution in [2.45, 2.75) is 26.3 Å². The Bertz CT molecular complexity index is 343. The topological polar surface area (TPSA) is 52.6 Å². The summed E-state index contributed by atoms with van der Waals surface area (Å²) in [4.78, 5) is 4.40. The Labute approximate surface area is 121 Å². The molecule has 0 saturated heterocycles. The standard InChI is InChI=1S/C15H26N2O3/c1-4-16-13(2)15-7-6-14(12-17-15)20-9-5-8-19-11-10-18-3/h6-7,12-13,16H,4-5,8-11H2,1-3H3. The van der Waals surface area contributed by atoms with Gasteiger partial charge in [0.15, 0.2) is 0 Å². The van der Waals surface area contributed by atoms with E-state index in [9.17, 15) is 0 Å². The smallest absolute Gasteiger partial charge is 0.137 e. The molecule has 1 aromatic rings. The Kier molecular flexibility index (Phi) is 8.95. The van der Waals surface area contributed by atoms with Crippen LogP contribution in [0.3, 0.4) is 0 Å². The summed E-state index contributed by atoms with van der Waals surface area (Å²) in [6.07, 6.45) is 2.63. The molecule has 0 aliphatic carbocycles. The van der Waals surface area contributed by atoms with Crippen molar-refractivity contribution in [2.24, 2.45) is 0 Å². The molecule has 0 radical (unpaired) electrons. The van der Waals surface area contributed by atoms with Gasteiger partial charge in [0.2, 0.25) is 0 Å². The van der Waals surface area contributed by atoms with Crippen LogP contribution < -0.4 is 10.1 Å². The van der Waals surface area contributed by atoms with Gasteiger partial charge in [0.25, 0.3) is 0 Å². The van der Waals surface area contributed by atoms with Crippen LogP contribution in [0, 0.1) is 0 Å². The summed E-state index contributed by atoms with van der Waals surface area (Å²) in [5, 5.41) is 3.33. The maximum atomic E-state index is 5.61. The van der Waals surface area contributed by atoms with E-state index in [1.54, 1.807) is 13.3 Å². The van der Waals surface area contributed by atoms with Crippen LogP contribution in [-0.2, 0) is 9.47 Å². The third-order valence-corrected chi connectivity index (χ3v) is 2.85. The van der Waals surface area contributed by atoms with Crippen LogP contribution in [0.15, 0.2) is 18.3 Å². The highest BCUT2D eigenvalue weighted by atomic mass is 16.5. The van der Waals surface area contributed by atoms with E-state index in [-0.39, 0.29) is 6.04 Å². The first-order valence-corrected chi connectivity index (χ1v) is 7.16. The molecule has 0 aliphatic heterocycles. The molecule has 1 aromatic heterocycles. The zero-order valence-electron chi connectivity index (χ0n) is 12.7. The van der Waals surface area contributed by atoms with E-state index in [1.165, 1.54) is 0 Å². The Balaban J connectivity index is 2.18. The van der Waals surface area contributed by atoms with E-state index < -0.39 is 0 Å². The van der Waals surface area contributed by atoms with E-state index in [0.717, 1.165) is 24.4 Å². The highest BCUT2D eigenvalue weighted by Crippen LogP contribution is 2.14. The van der Waals surface area contributed by atoms with Crippen LogP contribution >= 0.6 is 0 Å². The number of pyridine rings is 1. The summed E-state index contributed by atoms with van der Waals surface area (Å²) >= 11 is 0. The van der Waals surface area contributed by atoms with Gasteiger partial charge in [-0.25, -0.2) is 0 Å². The lowest BCUT2D eigenvalue weighted by Crippen LogP contribution is -2.18. The minimum atomic E-state index is 0.267. The van der Waals surface area contributed by atoms with Crippen LogP contribution in [0.5, 0.6) is 5.75 Å². The molecular weight excluding hydrogens is 256 g/mol. The maximum Gasteiger partial charge on any atom is 0.137 e. The quantitative estimate of drug-likeness (QED) is 0.630. The number of nitrogens with one attached hydrogen (secondary N) is 1. The summed E-state index contributed by atoms with van der Waals surface area (Å²) in [6.45, 7) is 7.71. The van der Waals surface area contributed by atoms with Crippen molar-refractivity contribution in [3.8, 4) is 5.75 Å². The first-order chi connectivity index (χ1) is 9.77. The second-order valence-electron chi connectivity index (χ2n) is 4.51. The molecule has 0 saturated carbocycles. The van der Waals surface area contributed by atoms with Gasteiger partial charge in [0.05, 0.1) is 31.7 Å². The number of hydrogen-bond acceptors (Lipinski definition) is 5. The molecule has 114 valence electrons. The molecule has 1 unspecified atom stereocenters. The number of hydrogen-bond donors (Lipinski definition) is 1. The van der Waals surface area contributed by atoms with Gasteiger partial charge in [-0.05, 0) is 25.6 Å². The van der Waals surface area contributed by atoms with Crippen LogP contribution in [0.2, 0.25) is 0 Å². The van der Waals surface area contributed by atoms with Gasteiger partial charge >= 0.3 is 0 Å². The fraction of sp³-hybridized carbons (Fsp3) is 0.667. The van der Waals surface area contributed by atoms with E-state index in [4.69, 9.17) is 14.2 Å². The Morgan fingerprint density at radius 2 is 2.05 bits per heavy atom. The monoisotopic (exact) mass is 282 g/mol. The Morgan fingerprint density at radius 1 is 1.20 bits per heavy atom. The zero-order chi connectivity index (χ0) is 14.6. The Hall–Kier alpha value is -1.17. The van der Waals surface area contributed by atoms with Gasteiger partial charge in [-0.1, -0.05) is 6.92 Å². The maximum absolute atomic E-state index is 5.61. The molecule has 0 aromatic carbocycles. The molecular formula is C15H26N2O3. The molecule has 5 heteroatoms. The lowest BCUT2D eigenvalue weighted by molar-refractivity contribution is 0.0644. The van der Waals surface area contributed by atoms with Crippen molar-refractivity contribution in [1.82, 2.24) is 10.3 Å². The summed E-state index contributed by atoms with van der Waals surface area (Å²) in [5.41, 5.74) is 1.03.